The van der Waals surface area contributed by atoms with E-state index >= 15 is 0 Å². The van der Waals surface area contributed by atoms with Gasteiger partial charge in [-0.25, -0.2) is 8.42 Å². The predicted molar refractivity (Wildman–Crippen MR) is 130 cm³/mol. The Morgan fingerprint density at radius 1 is 1.09 bits per heavy atom. The minimum Gasteiger partial charge on any atom is -0.495 e. The van der Waals surface area contributed by atoms with Gasteiger partial charge in [0.25, 0.3) is 0 Å². The average molecular weight is 496 g/mol. The summed E-state index contributed by atoms with van der Waals surface area (Å²) in [5, 5.41) is 3.20. The number of amides is 2. The van der Waals surface area contributed by atoms with E-state index in [2.05, 4.69) is 5.32 Å². The summed E-state index contributed by atoms with van der Waals surface area (Å²) in [4.78, 5) is 27.7. The number of halogens is 1. The number of anilines is 1. The first-order valence-corrected chi connectivity index (χ1v) is 12.8. The molecular weight excluding hydrogens is 466 g/mol. The van der Waals surface area contributed by atoms with Crippen LogP contribution in [0, 0.1) is 0 Å². The highest BCUT2D eigenvalue weighted by molar-refractivity contribution is 7.92. The van der Waals surface area contributed by atoms with Gasteiger partial charge >= 0.3 is 0 Å². The molecule has 0 aliphatic heterocycles. The number of nitrogens with zero attached hydrogens (tertiary/aromatic N) is 2. The number of sulfonamides is 1. The first-order chi connectivity index (χ1) is 15.6. The normalized spacial score (nSPS) is 12.0. The Morgan fingerprint density at radius 2 is 1.73 bits per heavy atom. The summed E-state index contributed by atoms with van der Waals surface area (Å²) in [6, 6.07) is 12.8. The Hall–Kier alpha value is -2.78. The number of ether oxygens (including phenoxy) is 1. The summed E-state index contributed by atoms with van der Waals surface area (Å²) < 4.78 is 31.6. The molecule has 1 unspecified atom stereocenters. The Morgan fingerprint density at radius 3 is 2.30 bits per heavy atom. The zero-order valence-corrected chi connectivity index (χ0v) is 20.8. The molecule has 0 bridgehead atoms. The number of para-hydroxylation sites is 2. The molecule has 0 spiro atoms. The van der Waals surface area contributed by atoms with Crippen molar-refractivity contribution in [2.24, 2.45) is 0 Å². The van der Waals surface area contributed by atoms with Crippen molar-refractivity contribution in [1.29, 1.82) is 0 Å². The van der Waals surface area contributed by atoms with Crippen LogP contribution in [0.5, 0.6) is 5.75 Å². The molecule has 0 fully saturated rings. The fraction of sp³-hybridized carbons (Fsp3) is 0.391. The van der Waals surface area contributed by atoms with Crippen molar-refractivity contribution in [2.45, 2.75) is 32.9 Å². The van der Waals surface area contributed by atoms with Crippen molar-refractivity contribution in [3.63, 3.8) is 0 Å². The van der Waals surface area contributed by atoms with Crippen LogP contribution in [0.2, 0.25) is 5.02 Å². The standard InChI is InChI=1S/C23H30ClN3O5S/c1-5-19(23(29)25-6-2)26(15-17-11-7-8-12-18(17)24)22(28)16-27(33(4,30)31)20-13-9-10-14-21(20)32-3/h7-14,19H,5-6,15-16H2,1-4H3,(H,25,29). The van der Waals surface area contributed by atoms with Gasteiger partial charge in [0.15, 0.2) is 0 Å². The molecule has 2 rings (SSSR count). The number of rotatable bonds is 11. The molecule has 0 aromatic heterocycles. The zero-order chi connectivity index (χ0) is 24.6. The third-order valence-corrected chi connectivity index (χ3v) is 6.56. The smallest absolute Gasteiger partial charge is 0.244 e. The summed E-state index contributed by atoms with van der Waals surface area (Å²) >= 11 is 6.31. The number of hydrogen-bond donors (Lipinski definition) is 1. The van der Waals surface area contributed by atoms with Gasteiger partial charge in [0.05, 0.1) is 19.1 Å². The fourth-order valence-electron chi connectivity index (χ4n) is 3.45. The van der Waals surface area contributed by atoms with Gasteiger partial charge < -0.3 is 15.0 Å². The van der Waals surface area contributed by atoms with Crippen LogP contribution in [0.25, 0.3) is 0 Å². The van der Waals surface area contributed by atoms with Gasteiger partial charge in [0, 0.05) is 18.1 Å². The largest absolute Gasteiger partial charge is 0.495 e. The molecule has 1 atom stereocenters. The van der Waals surface area contributed by atoms with Crippen molar-refractivity contribution in [1.82, 2.24) is 10.2 Å². The molecule has 1 N–H and O–H groups in total. The molecule has 33 heavy (non-hydrogen) atoms. The second kappa shape index (κ2) is 11.9. The molecule has 10 heteroatoms. The number of likely N-dealkylation sites (N-methyl/N-ethyl adjacent to an activating group) is 1. The molecule has 2 amide bonds. The Bertz CT molecular complexity index is 1080. The molecule has 0 aliphatic rings. The molecule has 0 saturated heterocycles. The van der Waals surface area contributed by atoms with E-state index < -0.39 is 28.5 Å². The number of carbonyl (C=O) groups is 2. The van der Waals surface area contributed by atoms with Gasteiger partial charge in [0.2, 0.25) is 21.8 Å². The average Bonchev–Trinajstić information content (AvgIpc) is 2.77. The molecule has 0 aliphatic carbocycles. The molecule has 2 aromatic rings. The fourth-order valence-corrected chi connectivity index (χ4v) is 4.50. The van der Waals surface area contributed by atoms with Crippen LogP contribution >= 0.6 is 11.6 Å². The van der Waals surface area contributed by atoms with E-state index in [1.165, 1.54) is 12.0 Å². The third-order valence-electron chi connectivity index (χ3n) is 5.07. The Kier molecular flexibility index (Phi) is 9.55. The van der Waals surface area contributed by atoms with Crippen LogP contribution in [0.4, 0.5) is 5.69 Å². The quantitative estimate of drug-likeness (QED) is 0.517. The van der Waals surface area contributed by atoms with E-state index in [-0.39, 0.29) is 18.1 Å². The van der Waals surface area contributed by atoms with E-state index in [0.29, 0.717) is 29.3 Å². The van der Waals surface area contributed by atoms with E-state index in [1.807, 2.05) is 0 Å². The molecule has 180 valence electrons. The van der Waals surface area contributed by atoms with Gasteiger partial charge in [-0.2, -0.15) is 0 Å². The van der Waals surface area contributed by atoms with Crippen LogP contribution in [0.1, 0.15) is 25.8 Å². The maximum Gasteiger partial charge on any atom is 0.244 e. The molecule has 0 heterocycles. The number of methoxy groups -OCH3 is 1. The molecule has 0 radical (unpaired) electrons. The van der Waals surface area contributed by atoms with Crippen molar-refractivity contribution in [3.8, 4) is 5.75 Å². The van der Waals surface area contributed by atoms with Crippen molar-refractivity contribution < 1.29 is 22.7 Å². The molecule has 2 aromatic carbocycles. The number of benzene rings is 2. The van der Waals surface area contributed by atoms with Crippen LogP contribution in [-0.2, 0) is 26.2 Å². The molecule has 0 saturated carbocycles. The van der Waals surface area contributed by atoms with Crippen molar-refractivity contribution in [3.05, 3.63) is 59.1 Å². The summed E-state index contributed by atoms with van der Waals surface area (Å²) in [5.41, 5.74) is 0.887. The van der Waals surface area contributed by atoms with Gasteiger partial charge in [-0.1, -0.05) is 48.9 Å². The lowest BCUT2D eigenvalue weighted by atomic mass is 10.1. The summed E-state index contributed by atoms with van der Waals surface area (Å²) in [7, 11) is -2.42. The lowest BCUT2D eigenvalue weighted by Gasteiger charge is -2.33. The second-order valence-electron chi connectivity index (χ2n) is 7.37. The minimum atomic E-state index is -3.84. The van der Waals surface area contributed by atoms with E-state index in [0.717, 1.165) is 10.6 Å². The monoisotopic (exact) mass is 495 g/mol. The topological polar surface area (TPSA) is 96.0 Å². The SMILES string of the molecule is CCNC(=O)C(CC)N(Cc1ccccc1Cl)C(=O)CN(c1ccccc1OC)S(C)(=O)=O. The summed E-state index contributed by atoms with van der Waals surface area (Å²) in [6.07, 6.45) is 1.36. The third kappa shape index (κ3) is 6.85. The Balaban J connectivity index is 2.48. The highest BCUT2D eigenvalue weighted by Gasteiger charge is 2.32. The van der Waals surface area contributed by atoms with E-state index in [1.54, 1.807) is 62.4 Å². The zero-order valence-electron chi connectivity index (χ0n) is 19.2. The number of carbonyl (C=O) groups excluding carboxylic acids is 2. The first kappa shape index (κ1) is 26.5. The van der Waals surface area contributed by atoms with Crippen molar-refractivity contribution >= 4 is 39.1 Å². The minimum absolute atomic E-state index is 0.0532. The lowest BCUT2D eigenvalue weighted by Crippen LogP contribution is -2.52. The van der Waals surface area contributed by atoms with Gasteiger partial charge in [-0.05, 0) is 37.1 Å². The molecule has 8 nitrogen and oxygen atoms in total. The van der Waals surface area contributed by atoms with E-state index in [9.17, 15) is 18.0 Å². The first-order valence-electron chi connectivity index (χ1n) is 10.5. The lowest BCUT2D eigenvalue weighted by molar-refractivity contribution is -0.140. The van der Waals surface area contributed by atoms with Gasteiger partial charge in [0.1, 0.15) is 18.3 Å². The van der Waals surface area contributed by atoms with Crippen molar-refractivity contribution in [2.75, 3.05) is 30.8 Å². The van der Waals surface area contributed by atoms with E-state index in [4.69, 9.17) is 16.3 Å². The van der Waals surface area contributed by atoms with Crippen LogP contribution in [0.3, 0.4) is 0 Å². The predicted octanol–water partition coefficient (Wildman–Crippen LogP) is 3.06. The highest BCUT2D eigenvalue weighted by atomic mass is 35.5. The Labute approximate surface area is 200 Å². The molecular formula is C23H30ClN3O5S. The van der Waals surface area contributed by atoms with Crippen LogP contribution in [0.15, 0.2) is 48.5 Å². The second-order valence-corrected chi connectivity index (χ2v) is 9.69. The van der Waals surface area contributed by atoms with Crippen LogP contribution in [-0.4, -0.2) is 57.6 Å². The highest BCUT2D eigenvalue weighted by Crippen LogP contribution is 2.30. The van der Waals surface area contributed by atoms with Gasteiger partial charge in [-0.3, -0.25) is 13.9 Å². The summed E-state index contributed by atoms with van der Waals surface area (Å²) in [6.45, 7) is 3.54. The van der Waals surface area contributed by atoms with Gasteiger partial charge in [-0.15, -0.1) is 0 Å². The maximum absolute atomic E-state index is 13.6. The maximum atomic E-state index is 13.6. The number of hydrogen-bond acceptors (Lipinski definition) is 5. The summed E-state index contributed by atoms with van der Waals surface area (Å²) in [5.74, 6) is -0.544. The van der Waals surface area contributed by atoms with Crippen LogP contribution < -0.4 is 14.4 Å². The number of nitrogens with one attached hydrogen (secondary N) is 1.